The van der Waals surface area contributed by atoms with E-state index in [9.17, 15) is 14.4 Å². The second-order valence-corrected chi connectivity index (χ2v) is 7.08. The van der Waals surface area contributed by atoms with Crippen molar-refractivity contribution in [2.24, 2.45) is 0 Å². The Morgan fingerprint density at radius 1 is 1.10 bits per heavy atom. The molecule has 0 aromatic heterocycles. The van der Waals surface area contributed by atoms with Crippen molar-refractivity contribution in [3.8, 4) is 0 Å². The zero-order valence-electron chi connectivity index (χ0n) is 13.4. The highest BCUT2D eigenvalue weighted by Gasteiger charge is 2.46. The van der Waals surface area contributed by atoms with Gasteiger partial charge in [0.1, 0.15) is 11.2 Å². The molecule has 0 fully saturated rings. The van der Waals surface area contributed by atoms with Gasteiger partial charge in [-0.05, 0) is 53.7 Å². The monoisotopic (exact) mass is 297 g/mol. The fourth-order valence-electron chi connectivity index (χ4n) is 1.76. The first-order valence-corrected chi connectivity index (χ1v) is 6.80. The van der Waals surface area contributed by atoms with Crippen molar-refractivity contribution in [1.29, 1.82) is 0 Å². The first-order chi connectivity index (χ1) is 9.33. The molecule has 0 radical (unpaired) electrons. The number of esters is 1. The van der Waals surface area contributed by atoms with E-state index in [1.165, 1.54) is 12.2 Å². The van der Waals surface area contributed by atoms with Gasteiger partial charge in [-0.25, -0.2) is 9.59 Å². The Hall–Kier alpha value is -1.85. The lowest BCUT2D eigenvalue weighted by Crippen LogP contribution is -2.55. The number of rotatable bonds is 2. The van der Waals surface area contributed by atoms with E-state index in [0.29, 0.717) is 0 Å². The maximum absolute atomic E-state index is 12.3. The third-order valence-corrected chi connectivity index (χ3v) is 2.49. The lowest BCUT2D eigenvalue weighted by Gasteiger charge is -2.31. The van der Waals surface area contributed by atoms with Gasteiger partial charge in [0.25, 0.3) is 0 Å². The summed E-state index contributed by atoms with van der Waals surface area (Å²) in [6.07, 6.45) is 1.68. The third kappa shape index (κ3) is 5.21. The molecule has 0 bridgehead atoms. The minimum absolute atomic E-state index is 0.166. The molecule has 1 aliphatic rings. The molecule has 0 aromatic carbocycles. The van der Waals surface area contributed by atoms with Gasteiger partial charge in [-0.1, -0.05) is 0 Å². The van der Waals surface area contributed by atoms with Crippen molar-refractivity contribution in [2.45, 2.75) is 64.7 Å². The predicted molar refractivity (Wildman–Crippen MR) is 76.7 cm³/mol. The number of carbonyl (C=O) groups is 3. The van der Waals surface area contributed by atoms with Gasteiger partial charge in [0, 0.05) is 6.42 Å². The van der Waals surface area contributed by atoms with Crippen molar-refractivity contribution in [3.63, 3.8) is 0 Å². The zero-order valence-corrected chi connectivity index (χ0v) is 13.4. The summed E-state index contributed by atoms with van der Waals surface area (Å²) >= 11 is 0. The Labute approximate surface area is 124 Å². The molecule has 1 atom stereocenters. The topological polar surface area (TPSA) is 81.7 Å². The first-order valence-electron chi connectivity index (χ1n) is 6.80. The highest BCUT2D eigenvalue weighted by molar-refractivity contribution is 6.03. The molecular formula is C15H23NO5. The van der Waals surface area contributed by atoms with Gasteiger partial charge in [-0.15, -0.1) is 0 Å². The van der Waals surface area contributed by atoms with Crippen molar-refractivity contribution >= 4 is 17.8 Å². The molecule has 0 saturated heterocycles. The first kappa shape index (κ1) is 17.2. The van der Waals surface area contributed by atoms with E-state index >= 15 is 0 Å². The second kappa shape index (κ2) is 5.50. The molecule has 21 heavy (non-hydrogen) atoms. The molecule has 6 heteroatoms. The van der Waals surface area contributed by atoms with E-state index in [-0.39, 0.29) is 12.2 Å². The number of carbonyl (C=O) groups excluding carboxylic acids is 3. The van der Waals surface area contributed by atoms with E-state index in [4.69, 9.17) is 9.47 Å². The lowest BCUT2D eigenvalue weighted by molar-refractivity contribution is -0.161. The van der Waals surface area contributed by atoms with Crippen LogP contribution in [0.25, 0.3) is 0 Å². The van der Waals surface area contributed by atoms with Crippen molar-refractivity contribution in [3.05, 3.63) is 12.2 Å². The normalized spacial score (nSPS) is 22.1. The largest absolute Gasteiger partial charge is 0.458 e. The van der Waals surface area contributed by atoms with Crippen LogP contribution >= 0.6 is 0 Å². The summed E-state index contributed by atoms with van der Waals surface area (Å²) in [5.74, 6) is -0.931. The molecule has 1 amide bonds. The minimum Gasteiger partial charge on any atom is -0.458 e. The molecular weight excluding hydrogens is 274 g/mol. The summed E-state index contributed by atoms with van der Waals surface area (Å²) < 4.78 is 10.4. The van der Waals surface area contributed by atoms with Crippen LogP contribution in [0.15, 0.2) is 12.2 Å². The highest BCUT2D eigenvalue weighted by Crippen LogP contribution is 2.25. The molecule has 1 aliphatic carbocycles. The number of hydrogen-bond donors (Lipinski definition) is 1. The smallest absolute Gasteiger partial charge is 0.408 e. The predicted octanol–water partition coefficient (Wildman–Crippen LogP) is 2.12. The van der Waals surface area contributed by atoms with E-state index in [0.717, 1.165) is 0 Å². The Bertz CT molecular complexity index is 481. The Morgan fingerprint density at radius 2 is 1.62 bits per heavy atom. The molecule has 6 nitrogen and oxygen atoms in total. The summed E-state index contributed by atoms with van der Waals surface area (Å²) in [6.45, 7) is 10.3. The fraction of sp³-hybridized carbons (Fsp3) is 0.667. The molecule has 0 saturated carbocycles. The van der Waals surface area contributed by atoms with Crippen LogP contribution in [-0.4, -0.2) is 34.6 Å². The van der Waals surface area contributed by atoms with Gasteiger partial charge in [0.2, 0.25) is 0 Å². The minimum atomic E-state index is -1.49. The van der Waals surface area contributed by atoms with Gasteiger partial charge < -0.3 is 14.8 Å². The highest BCUT2D eigenvalue weighted by atomic mass is 16.6. The Morgan fingerprint density at radius 3 is 2.00 bits per heavy atom. The fourth-order valence-corrected chi connectivity index (χ4v) is 1.76. The number of amides is 1. The lowest BCUT2D eigenvalue weighted by atomic mass is 9.98. The molecule has 0 unspecified atom stereocenters. The van der Waals surface area contributed by atoms with Crippen LogP contribution in [0, 0.1) is 0 Å². The van der Waals surface area contributed by atoms with Gasteiger partial charge in [0.15, 0.2) is 11.3 Å². The number of ketones is 1. The summed E-state index contributed by atoms with van der Waals surface area (Å²) in [5, 5.41) is 2.46. The van der Waals surface area contributed by atoms with Gasteiger partial charge >= 0.3 is 12.1 Å². The number of nitrogens with one attached hydrogen (secondary N) is 1. The standard InChI is InChI=1S/C15H23NO5/c1-13(2,3)20-11(18)15(8-7-10(17)9-15)16-12(19)21-14(4,5)6/h7-8H,9H2,1-6H3,(H,16,19)/t15-/m0/s1. The van der Waals surface area contributed by atoms with Crippen LogP contribution in [0.1, 0.15) is 48.0 Å². The second-order valence-electron chi connectivity index (χ2n) is 7.08. The van der Waals surface area contributed by atoms with Crippen LogP contribution < -0.4 is 5.32 Å². The quantitative estimate of drug-likeness (QED) is 0.789. The molecule has 118 valence electrons. The van der Waals surface area contributed by atoms with E-state index < -0.39 is 28.8 Å². The van der Waals surface area contributed by atoms with Gasteiger partial charge in [0.05, 0.1) is 0 Å². The number of allylic oxidation sites excluding steroid dienone is 1. The molecule has 1 rings (SSSR count). The van der Waals surface area contributed by atoms with Crippen molar-refractivity contribution in [1.82, 2.24) is 5.32 Å². The van der Waals surface area contributed by atoms with Crippen molar-refractivity contribution < 1.29 is 23.9 Å². The maximum atomic E-state index is 12.3. The number of alkyl carbamates (subject to hydrolysis) is 1. The van der Waals surface area contributed by atoms with E-state index in [2.05, 4.69) is 5.32 Å². The van der Waals surface area contributed by atoms with Crippen LogP contribution in [0.5, 0.6) is 0 Å². The summed E-state index contributed by atoms with van der Waals surface area (Å²) in [6, 6.07) is 0. The van der Waals surface area contributed by atoms with Crippen LogP contribution in [-0.2, 0) is 19.1 Å². The molecule has 0 heterocycles. The van der Waals surface area contributed by atoms with Crippen molar-refractivity contribution in [2.75, 3.05) is 0 Å². The summed E-state index contributed by atoms with van der Waals surface area (Å²) in [5.41, 5.74) is -2.92. The zero-order chi connectivity index (χ0) is 16.5. The Balaban J connectivity index is 2.91. The average molecular weight is 297 g/mol. The van der Waals surface area contributed by atoms with Crippen LogP contribution in [0.2, 0.25) is 0 Å². The average Bonchev–Trinajstić information content (AvgIpc) is 2.55. The van der Waals surface area contributed by atoms with Crippen LogP contribution in [0.4, 0.5) is 4.79 Å². The van der Waals surface area contributed by atoms with E-state index in [1.54, 1.807) is 41.5 Å². The summed E-state index contributed by atoms with van der Waals surface area (Å²) in [7, 11) is 0. The molecule has 0 aromatic rings. The summed E-state index contributed by atoms with van der Waals surface area (Å²) in [4.78, 5) is 35.8. The maximum Gasteiger partial charge on any atom is 0.408 e. The Kier molecular flexibility index (Phi) is 4.51. The van der Waals surface area contributed by atoms with Gasteiger partial charge in [-0.2, -0.15) is 0 Å². The molecule has 1 N–H and O–H groups in total. The molecule has 0 spiro atoms. The van der Waals surface area contributed by atoms with Gasteiger partial charge in [-0.3, -0.25) is 4.79 Å². The SMILES string of the molecule is CC(C)(C)OC(=O)N[C@@]1(C(=O)OC(C)(C)C)C=CC(=O)C1. The number of ether oxygens (including phenoxy) is 2. The third-order valence-electron chi connectivity index (χ3n) is 2.49. The number of hydrogen-bond acceptors (Lipinski definition) is 5. The van der Waals surface area contributed by atoms with E-state index in [1.807, 2.05) is 0 Å². The van der Waals surface area contributed by atoms with Crippen LogP contribution in [0.3, 0.4) is 0 Å². The molecule has 0 aliphatic heterocycles.